The van der Waals surface area contributed by atoms with E-state index >= 15 is 0 Å². The lowest BCUT2D eigenvalue weighted by Gasteiger charge is -2.26. The Labute approximate surface area is 220 Å². The van der Waals surface area contributed by atoms with Crippen molar-refractivity contribution in [1.29, 1.82) is 0 Å². The number of fused-ring (bicyclic) bond motifs is 1. The summed E-state index contributed by atoms with van der Waals surface area (Å²) in [4.78, 5) is 32.0. The summed E-state index contributed by atoms with van der Waals surface area (Å²) >= 11 is 3.32. The first-order valence-electron chi connectivity index (χ1n) is 11.6. The molecule has 5 rings (SSSR count). The van der Waals surface area contributed by atoms with E-state index in [0.29, 0.717) is 53.3 Å². The van der Waals surface area contributed by atoms with Crippen molar-refractivity contribution in [1.82, 2.24) is 14.5 Å². The molecule has 1 fully saturated rings. The number of carbonyl (C=O) groups is 2. The van der Waals surface area contributed by atoms with E-state index in [4.69, 9.17) is 14.2 Å². The van der Waals surface area contributed by atoms with Crippen molar-refractivity contribution in [2.75, 3.05) is 26.9 Å². The van der Waals surface area contributed by atoms with Crippen molar-refractivity contribution in [2.24, 2.45) is 0 Å². The van der Waals surface area contributed by atoms with Gasteiger partial charge >= 0.3 is 0 Å². The predicted octanol–water partition coefficient (Wildman–Crippen LogP) is 3.64. The van der Waals surface area contributed by atoms with Gasteiger partial charge in [0.2, 0.25) is 0 Å². The van der Waals surface area contributed by atoms with Gasteiger partial charge in [0.05, 0.1) is 29.5 Å². The van der Waals surface area contributed by atoms with Crippen LogP contribution in [0.5, 0.6) is 23.0 Å². The van der Waals surface area contributed by atoms with Gasteiger partial charge in [-0.25, -0.2) is 4.98 Å². The molecule has 0 unspecified atom stereocenters. The minimum absolute atomic E-state index is 0.0658. The lowest BCUT2D eigenvalue weighted by atomic mass is 9.94. The number of rotatable bonds is 7. The Bertz CT molecular complexity index is 1390. The van der Waals surface area contributed by atoms with Gasteiger partial charge in [0.1, 0.15) is 19.0 Å². The highest BCUT2D eigenvalue weighted by Crippen LogP contribution is 2.45. The molecule has 37 heavy (non-hydrogen) atoms. The Morgan fingerprint density at radius 1 is 1.16 bits per heavy atom. The number of nitrogens with zero attached hydrogens (tertiary/aromatic N) is 3. The Balaban J connectivity index is 1.59. The predicted molar refractivity (Wildman–Crippen MR) is 136 cm³/mol. The fourth-order valence-corrected chi connectivity index (χ4v) is 5.01. The molecule has 3 aromatic rings. The SMILES string of the molecule is COc1cc([C@@H]2/C(=C(\O)c3ccc4c(c3)OCCO4)C(=O)C(=O)N2CCCn2ccnc2)cc(Br)c1O. The van der Waals surface area contributed by atoms with Crippen molar-refractivity contribution >= 4 is 33.4 Å². The van der Waals surface area contributed by atoms with Gasteiger partial charge < -0.3 is 33.9 Å². The maximum absolute atomic E-state index is 13.3. The number of aliphatic hydroxyl groups is 1. The van der Waals surface area contributed by atoms with E-state index in [2.05, 4.69) is 20.9 Å². The monoisotopic (exact) mass is 569 g/mol. The van der Waals surface area contributed by atoms with E-state index in [-0.39, 0.29) is 29.4 Å². The number of hydrogen-bond donors (Lipinski definition) is 2. The normalized spacial score (nSPS) is 18.3. The quantitative estimate of drug-likeness (QED) is 0.251. The second-order valence-corrected chi connectivity index (χ2v) is 9.41. The summed E-state index contributed by atoms with van der Waals surface area (Å²) < 4.78 is 18.7. The number of aliphatic hydroxyl groups excluding tert-OH is 1. The van der Waals surface area contributed by atoms with Crippen molar-refractivity contribution in [2.45, 2.75) is 19.0 Å². The number of phenols is 1. The number of phenolic OH excluding ortho intramolecular Hbond substituents is 1. The smallest absolute Gasteiger partial charge is 0.295 e. The van der Waals surface area contributed by atoms with Gasteiger partial charge in [-0.1, -0.05) is 0 Å². The van der Waals surface area contributed by atoms with Crippen LogP contribution in [0.2, 0.25) is 0 Å². The van der Waals surface area contributed by atoms with Crippen LogP contribution in [0, 0.1) is 0 Å². The van der Waals surface area contributed by atoms with E-state index in [0.717, 1.165) is 0 Å². The number of Topliss-reactive ketones (excluding diaryl/α,β-unsaturated/α-hetero) is 1. The molecule has 2 aromatic carbocycles. The third kappa shape index (κ3) is 4.62. The van der Waals surface area contributed by atoms with Crippen LogP contribution in [0.3, 0.4) is 0 Å². The minimum Gasteiger partial charge on any atom is -0.507 e. The zero-order valence-corrected chi connectivity index (χ0v) is 21.5. The van der Waals surface area contributed by atoms with Crippen LogP contribution in [0.1, 0.15) is 23.6 Å². The average Bonchev–Trinajstić information content (AvgIpc) is 3.52. The molecule has 2 aliphatic heterocycles. The lowest BCUT2D eigenvalue weighted by molar-refractivity contribution is -0.139. The van der Waals surface area contributed by atoms with Crippen LogP contribution in [0.25, 0.3) is 5.76 Å². The van der Waals surface area contributed by atoms with Crippen LogP contribution in [0.4, 0.5) is 0 Å². The topological polar surface area (TPSA) is 123 Å². The number of halogens is 1. The maximum Gasteiger partial charge on any atom is 0.295 e. The average molecular weight is 570 g/mol. The van der Waals surface area contributed by atoms with Crippen LogP contribution < -0.4 is 14.2 Å². The van der Waals surface area contributed by atoms with Gasteiger partial charge in [0.15, 0.2) is 23.0 Å². The molecule has 0 bridgehead atoms. The number of benzene rings is 2. The summed E-state index contributed by atoms with van der Waals surface area (Å²) in [5.74, 6) is -0.841. The highest BCUT2D eigenvalue weighted by atomic mass is 79.9. The third-order valence-corrected chi connectivity index (χ3v) is 6.92. The standard InChI is InChI=1S/C26H24BrN3O7/c1-35-20-13-16(11-17(27)24(20)32)22-21(23(31)15-3-4-18-19(12-15)37-10-9-36-18)25(33)26(34)30(22)7-2-6-29-8-5-28-14-29/h3-5,8,11-14,22,31-32H,2,6-7,9-10H2,1H3/b23-21+/t22-/m1/s1. The highest BCUT2D eigenvalue weighted by Gasteiger charge is 2.46. The molecule has 2 N–H and O–H groups in total. The first kappa shape index (κ1) is 24.7. The molecule has 1 saturated heterocycles. The first-order chi connectivity index (χ1) is 17.9. The van der Waals surface area contributed by atoms with Crippen LogP contribution in [-0.2, 0) is 16.1 Å². The maximum atomic E-state index is 13.3. The number of aryl methyl sites for hydroxylation is 1. The van der Waals surface area contributed by atoms with Crippen molar-refractivity contribution in [3.63, 3.8) is 0 Å². The lowest BCUT2D eigenvalue weighted by Crippen LogP contribution is -2.31. The molecule has 0 aliphatic carbocycles. The Hall–Kier alpha value is -3.99. The van der Waals surface area contributed by atoms with Gasteiger partial charge in [-0.15, -0.1) is 0 Å². The first-order valence-corrected chi connectivity index (χ1v) is 12.4. The fraction of sp³-hybridized carbons (Fsp3) is 0.269. The fourth-order valence-electron chi connectivity index (χ4n) is 4.55. The molecule has 0 radical (unpaired) electrons. The molecular weight excluding hydrogens is 546 g/mol. The molecule has 0 saturated carbocycles. The van der Waals surface area contributed by atoms with E-state index in [1.807, 2.05) is 10.8 Å². The van der Waals surface area contributed by atoms with Crippen LogP contribution >= 0.6 is 15.9 Å². The highest BCUT2D eigenvalue weighted by molar-refractivity contribution is 9.10. The minimum atomic E-state index is -0.915. The summed E-state index contributed by atoms with van der Waals surface area (Å²) in [5, 5.41) is 21.7. The van der Waals surface area contributed by atoms with E-state index in [9.17, 15) is 19.8 Å². The number of amides is 1. The Morgan fingerprint density at radius 2 is 1.95 bits per heavy atom. The Morgan fingerprint density at radius 3 is 2.68 bits per heavy atom. The van der Waals surface area contributed by atoms with Crippen LogP contribution in [0.15, 0.2) is 59.1 Å². The van der Waals surface area contributed by atoms with Crippen molar-refractivity contribution in [3.05, 3.63) is 70.2 Å². The van der Waals surface area contributed by atoms with Gasteiger partial charge in [-0.2, -0.15) is 0 Å². The zero-order valence-electron chi connectivity index (χ0n) is 19.9. The number of aromatic hydroxyl groups is 1. The second kappa shape index (κ2) is 10.2. The molecule has 1 atom stereocenters. The van der Waals surface area contributed by atoms with Gasteiger partial charge in [-0.3, -0.25) is 9.59 Å². The molecule has 10 nitrogen and oxygen atoms in total. The summed E-state index contributed by atoms with van der Waals surface area (Å²) in [5.41, 5.74) is 0.738. The molecular formula is C26H24BrN3O7. The van der Waals surface area contributed by atoms with E-state index in [1.54, 1.807) is 42.9 Å². The summed E-state index contributed by atoms with van der Waals surface area (Å²) in [6, 6.07) is 7.09. The summed E-state index contributed by atoms with van der Waals surface area (Å²) in [6.07, 6.45) is 5.70. The molecule has 0 spiro atoms. The number of carbonyl (C=O) groups excluding carboxylic acids is 2. The van der Waals surface area contributed by atoms with Crippen molar-refractivity contribution < 1.29 is 34.0 Å². The summed E-state index contributed by atoms with van der Waals surface area (Å²) in [6.45, 7) is 1.60. The van der Waals surface area contributed by atoms with Gasteiger partial charge in [0, 0.05) is 31.0 Å². The molecule has 3 heterocycles. The third-order valence-electron chi connectivity index (χ3n) is 6.32. The number of aromatic nitrogens is 2. The molecule has 1 aromatic heterocycles. The zero-order chi connectivity index (χ0) is 26.1. The number of ketones is 1. The number of ether oxygens (including phenoxy) is 3. The summed E-state index contributed by atoms with van der Waals surface area (Å²) in [7, 11) is 1.41. The van der Waals surface area contributed by atoms with Gasteiger partial charge in [-0.05, 0) is 58.2 Å². The van der Waals surface area contributed by atoms with Crippen LogP contribution in [-0.4, -0.2) is 63.2 Å². The Kier molecular flexibility index (Phi) is 6.79. The largest absolute Gasteiger partial charge is 0.507 e. The number of imidazole rings is 1. The van der Waals surface area contributed by atoms with E-state index < -0.39 is 17.7 Å². The number of likely N-dealkylation sites (tertiary alicyclic amines) is 1. The number of methoxy groups -OCH3 is 1. The molecule has 11 heteroatoms. The molecule has 1 amide bonds. The number of hydrogen-bond acceptors (Lipinski definition) is 8. The van der Waals surface area contributed by atoms with E-state index in [1.165, 1.54) is 12.0 Å². The molecule has 2 aliphatic rings. The molecule has 192 valence electrons. The van der Waals surface area contributed by atoms with Gasteiger partial charge in [0.25, 0.3) is 11.7 Å². The van der Waals surface area contributed by atoms with Crippen molar-refractivity contribution in [3.8, 4) is 23.0 Å². The second-order valence-electron chi connectivity index (χ2n) is 8.56.